The number of rotatable bonds is 3. The second-order valence-electron chi connectivity index (χ2n) is 6.35. The molecule has 2 aromatic rings. The first-order chi connectivity index (χ1) is 11.0. The van der Waals surface area contributed by atoms with Crippen LogP contribution in [-0.4, -0.2) is 32.1 Å². The fraction of sp³-hybridized carbons (Fsp3) is 0.368. The number of ether oxygens (including phenoxy) is 1. The van der Waals surface area contributed by atoms with E-state index < -0.39 is 0 Å². The molecule has 1 aliphatic carbocycles. The van der Waals surface area contributed by atoms with Crippen molar-refractivity contribution in [3.8, 4) is 5.75 Å². The Labute approximate surface area is 148 Å². The molecule has 2 aromatic carbocycles. The van der Waals surface area contributed by atoms with Crippen molar-refractivity contribution >= 4 is 23.2 Å². The average molecular weight is 350 g/mol. The number of fused-ring (bicyclic) bond motifs is 1. The van der Waals surface area contributed by atoms with Gasteiger partial charge in [0.05, 0.1) is 17.2 Å². The number of methoxy groups -OCH3 is 1. The van der Waals surface area contributed by atoms with Crippen LogP contribution in [0.3, 0.4) is 0 Å². The summed E-state index contributed by atoms with van der Waals surface area (Å²) in [6.07, 6.45) is 2.12. The Morgan fingerprint density at radius 2 is 1.83 bits per heavy atom. The molecule has 0 saturated carbocycles. The molecule has 0 unspecified atom stereocenters. The number of hydrogen-bond acceptors (Lipinski definition) is 2. The van der Waals surface area contributed by atoms with Gasteiger partial charge in [0, 0.05) is 12.0 Å². The minimum Gasteiger partial charge on any atom is -0.497 e. The minimum atomic E-state index is 0.302. The van der Waals surface area contributed by atoms with Crippen LogP contribution in [0.25, 0.3) is 0 Å². The summed E-state index contributed by atoms with van der Waals surface area (Å²) in [6.45, 7) is 0. The predicted molar refractivity (Wildman–Crippen MR) is 97.1 cm³/mol. The average Bonchev–Trinajstić information content (AvgIpc) is 2.55. The summed E-state index contributed by atoms with van der Waals surface area (Å²) in [5.41, 5.74) is 3.92. The lowest BCUT2D eigenvalue weighted by Gasteiger charge is -2.36. The van der Waals surface area contributed by atoms with Crippen LogP contribution in [0.2, 0.25) is 10.0 Å². The van der Waals surface area contributed by atoms with Gasteiger partial charge in [-0.25, -0.2) is 0 Å². The standard InChI is InChI=1S/C19H21Cl2NO/c1-22(2)14-8-12-4-6-15(23-3)11-17(12)16(10-14)13-5-7-18(20)19(21)9-13/h4-7,9,11,14,16H,8,10H2,1-3H3/t14-,16+/m0/s1. The SMILES string of the molecule is COc1ccc2c(c1)[C@@H](c1ccc(Cl)c(Cl)c1)C[C@@H](N(C)C)C2. The van der Waals surface area contributed by atoms with Gasteiger partial charge in [-0.1, -0.05) is 35.3 Å². The molecule has 0 saturated heterocycles. The maximum Gasteiger partial charge on any atom is 0.119 e. The van der Waals surface area contributed by atoms with Gasteiger partial charge in [-0.2, -0.15) is 0 Å². The van der Waals surface area contributed by atoms with E-state index in [2.05, 4.69) is 37.2 Å². The van der Waals surface area contributed by atoms with E-state index in [-0.39, 0.29) is 0 Å². The molecule has 3 rings (SSSR count). The van der Waals surface area contributed by atoms with Crippen LogP contribution in [-0.2, 0) is 6.42 Å². The summed E-state index contributed by atoms with van der Waals surface area (Å²) in [6, 6.07) is 12.9. The fourth-order valence-corrected chi connectivity index (χ4v) is 3.69. The summed E-state index contributed by atoms with van der Waals surface area (Å²) in [5, 5.41) is 1.21. The Hall–Kier alpha value is -1.22. The van der Waals surface area contributed by atoms with E-state index in [9.17, 15) is 0 Å². The van der Waals surface area contributed by atoms with Crippen LogP contribution in [0.1, 0.15) is 29.0 Å². The fourth-order valence-electron chi connectivity index (χ4n) is 3.38. The van der Waals surface area contributed by atoms with E-state index in [1.807, 2.05) is 18.2 Å². The summed E-state index contributed by atoms with van der Waals surface area (Å²) in [7, 11) is 6.00. The highest BCUT2D eigenvalue weighted by Gasteiger charge is 2.29. The Bertz CT molecular complexity index is 715. The van der Waals surface area contributed by atoms with Gasteiger partial charge in [0.2, 0.25) is 0 Å². The van der Waals surface area contributed by atoms with E-state index in [1.54, 1.807) is 7.11 Å². The smallest absolute Gasteiger partial charge is 0.119 e. The van der Waals surface area contributed by atoms with Gasteiger partial charge in [0.15, 0.2) is 0 Å². The molecule has 0 aromatic heterocycles. The van der Waals surface area contributed by atoms with Gasteiger partial charge >= 0.3 is 0 Å². The minimum absolute atomic E-state index is 0.302. The number of nitrogens with zero attached hydrogens (tertiary/aromatic N) is 1. The molecule has 1 aliphatic rings. The third-order valence-electron chi connectivity index (χ3n) is 4.77. The number of hydrogen-bond donors (Lipinski definition) is 0. The van der Waals surface area contributed by atoms with Gasteiger partial charge in [-0.05, 0) is 67.9 Å². The molecule has 0 spiro atoms. The Kier molecular flexibility index (Phi) is 4.86. The summed E-state index contributed by atoms with van der Waals surface area (Å²) >= 11 is 12.3. The maximum absolute atomic E-state index is 6.25. The third-order valence-corrected chi connectivity index (χ3v) is 5.51. The van der Waals surface area contributed by atoms with Crippen molar-refractivity contribution in [2.24, 2.45) is 0 Å². The zero-order valence-electron chi connectivity index (χ0n) is 13.6. The lowest BCUT2D eigenvalue weighted by atomic mass is 9.76. The van der Waals surface area contributed by atoms with Crippen molar-refractivity contribution in [1.29, 1.82) is 0 Å². The molecule has 0 bridgehead atoms. The highest BCUT2D eigenvalue weighted by molar-refractivity contribution is 6.42. The van der Waals surface area contributed by atoms with E-state index in [0.717, 1.165) is 18.6 Å². The third kappa shape index (κ3) is 3.35. The molecule has 0 N–H and O–H groups in total. The van der Waals surface area contributed by atoms with Crippen LogP contribution in [0, 0.1) is 0 Å². The summed E-state index contributed by atoms with van der Waals surface area (Å²) < 4.78 is 5.42. The second-order valence-corrected chi connectivity index (χ2v) is 7.16. The van der Waals surface area contributed by atoms with Gasteiger partial charge in [0.25, 0.3) is 0 Å². The van der Waals surface area contributed by atoms with E-state index in [4.69, 9.17) is 27.9 Å². The van der Waals surface area contributed by atoms with Crippen molar-refractivity contribution in [2.75, 3.05) is 21.2 Å². The summed E-state index contributed by atoms with van der Waals surface area (Å²) in [5.74, 6) is 1.20. The molecule has 0 amide bonds. The first-order valence-corrected chi connectivity index (χ1v) is 8.53. The molecular formula is C19H21Cl2NO. The maximum atomic E-state index is 6.25. The Morgan fingerprint density at radius 1 is 1.04 bits per heavy atom. The van der Waals surface area contributed by atoms with Crippen LogP contribution in [0.4, 0.5) is 0 Å². The molecule has 2 nitrogen and oxygen atoms in total. The van der Waals surface area contributed by atoms with E-state index in [0.29, 0.717) is 22.0 Å². The van der Waals surface area contributed by atoms with Crippen LogP contribution in [0.5, 0.6) is 5.75 Å². The first-order valence-electron chi connectivity index (χ1n) is 7.77. The van der Waals surface area contributed by atoms with Crippen LogP contribution < -0.4 is 4.74 Å². The van der Waals surface area contributed by atoms with Crippen LogP contribution >= 0.6 is 23.2 Å². The van der Waals surface area contributed by atoms with Gasteiger partial charge in [0.1, 0.15) is 5.75 Å². The normalized spacial score (nSPS) is 20.4. The van der Waals surface area contributed by atoms with E-state index >= 15 is 0 Å². The number of halogens is 2. The van der Waals surface area contributed by atoms with Crippen molar-refractivity contribution < 1.29 is 4.74 Å². The number of benzene rings is 2. The second kappa shape index (κ2) is 6.72. The van der Waals surface area contributed by atoms with Crippen molar-refractivity contribution in [3.63, 3.8) is 0 Å². The molecule has 0 heterocycles. The molecule has 23 heavy (non-hydrogen) atoms. The molecule has 4 heteroatoms. The topological polar surface area (TPSA) is 12.5 Å². The molecule has 2 atom stereocenters. The van der Waals surface area contributed by atoms with Gasteiger partial charge in [-0.3, -0.25) is 0 Å². The molecule has 0 radical (unpaired) electrons. The lowest BCUT2D eigenvalue weighted by Crippen LogP contribution is -2.35. The zero-order chi connectivity index (χ0) is 16.6. The molecule has 0 fully saturated rings. The first kappa shape index (κ1) is 16.6. The predicted octanol–water partition coefficient (Wildman–Crippen LogP) is 5.01. The quantitative estimate of drug-likeness (QED) is 0.772. The largest absolute Gasteiger partial charge is 0.497 e. The van der Waals surface area contributed by atoms with Crippen molar-refractivity contribution in [3.05, 3.63) is 63.1 Å². The van der Waals surface area contributed by atoms with Gasteiger partial charge < -0.3 is 9.64 Å². The highest BCUT2D eigenvalue weighted by Crippen LogP contribution is 2.41. The molecular weight excluding hydrogens is 329 g/mol. The monoisotopic (exact) mass is 349 g/mol. The Morgan fingerprint density at radius 3 is 2.48 bits per heavy atom. The summed E-state index contributed by atoms with van der Waals surface area (Å²) in [4.78, 5) is 2.30. The highest BCUT2D eigenvalue weighted by atomic mass is 35.5. The molecule has 0 aliphatic heterocycles. The zero-order valence-corrected chi connectivity index (χ0v) is 15.2. The van der Waals surface area contributed by atoms with Gasteiger partial charge in [-0.15, -0.1) is 0 Å². The molecule has 122 valence electrons. The lowest BCUT2D eigenvalue weighted by molar-refractivity contribution is 0.258. The van der Waals surface area contributed by atoms with Crippen molar-refractivity contribution in [1.82, 2.24) is 4.90 Å². The van der Waals surface area contributed by atoms with E-state index in [1.165, 1.54) is 16.7 Å². The van der Waals surface area contributed by atoms with Crippen LogP contribution in [0.15, 0.2) is 36.4 Å². The number of likely N-dealkylation sites (N-methyl/N-ethyl adjacent to an activating group) is 1. The van der Waals surface area contributed by atoms with Crippen molar-refractivity contribution in [2.45, 2.75) is 24.8 Å². The Balaban J connectivity index is 2.08.